The van der Waals surface area contributed by atoms with Gasteiger partial charge in [0.25, 0.3) is 0 Å². The summed E-state index contributed by atoms with van der Waals surface area (Å²) in [5, 5.41) is 8.52. The topological polar surface area (TPSA) is 63.6 Å². The molecule has 4 nitrogen and oxygen atoms in total. The summed E-state index contributed by atoms with van der Waals surface area (Å²) < 4.78 is 4.56. The van der Waals surface area contributed by atoms with Crippen molar-refractivity contribution in [1.82, 2.24) is 0 Å². The Morgan fingerprint density at radius 1 is 1.38 bits per heavy atom. The molecule has 0 amide bonds. The maximum atomic E-state index is 11.1. The fourth-order valence-corrected chi connectivity index (χ4v) is 1.25. The number of esters is 1. The fraction of sp³-hybridized carbons (Fsp3) is 0.167. The van der Waals surface area contributed by atoms with Crippen LogP contribution in [0.3, 0.4) is 0 Å². The molecule has 0 aliphatic carbocycles. The molecule has 0 heterocycles. The minimum absolute atomic E-state index is 0.136. The van der Waals surface area contributed by atoms with Crippen LogP contribution in [0.2, 0.25) is 0 Å². The Morgan fingerprint density at radius 3 is 2.69 bits per heavy atom. The minimum Gasteiger partial charge on any atom is -0.478 e. The Hall–Kier alpha value is -2.10. The number of carboxylic acid groups (broad SMARTS) is 1. The second kappa shape index (κ2) is 5.70. The molecule has 0 spiro atoms. The number of carbonyl (C=O) groups excluding carboxylic acids is 1. The quantitative estimate of drug-likeness (QED) is 0.617. The van der Waals surface area contributed by atoms with E-state index in [0.29, 0.717) is 5.56 Å². The third-order valence-electron chi connectivity index (χ3n) is 2.02. The molecule has 4 heteroatoms. The summed E-state index contributed by atoms with van der Waals surface area (Å²) in [5.41, 5.74) is 1.45. The van der Waals surface area contributed by atoms with Gasteiger partial charge in [-0.2, -0.15) is 0 Å². The van der Waals surface area contributed by atoms with Crippen LogP contribution in [0.4, 0.5) is 0 Å². The van der Waals surface area contributed by atoms with Crippen LogP contribution < -0.4 is 0 Å². The van der Waals surface area contributed by atoms with E-state index < -0.39 is 5.97 Å². The van der Waals surface area contributed by atoms with Crippen molar-refractivity contribution in [1.29, 1.82) is 0 Å². The van der Waals surface area contributed by atoms with E-state index in [4.69, 9.17) is 5.11 Å². The summed E-state index contributed by atoms with van der Waals surface area (Å²) in [4.78, 5) is 21.5. The van der Waals surface area contributed by atoms with Crippen LogP contribution in [0.5, 0.6) is 0 Å². The Morgan fingerprint density at radius 2 is 2.06 bits per heavy atom. The number of hydrogen-bond acceptors (Lipinski definition) is 3. The normalized spacial score (nSPS) is 10.3. The SMILES string of the molecule is COC(=O)Cc1ccccc1C=CC(=O)O. The van der Waals surface area contributed by atoms with Gasteiger partial charge in [-0.15, -0.1) is 0 Å². The summed E-state index contributed by atoms with van der Waals surface area (Å²) in [6, 6.07) is 7.08. The predicted octanol–water partition coefficient (Wildman–Crippen LogP) is 1.50. The van der Waals surface area contributed by atoms with Gasteiger partial charge in [0.2, 0.25) is 0 Å². The third-order valence-corrected chi connectivity index (χ3v) is 2.02. The highest BCUT2D eigenvalue weighted by atomic mass is 16.5. The van der Waals surface area contributed by atoms with Crippen LogP contribution in [-0.2, 0) is 20.7 Å². The molecule has 0 fully saturated rings. The van der Waals surface area contributed by atoms with Crippen molar-refractivity contribution in [3.8, 4) is 0 Å². The molecular weight excluding hydrogens is 208 g/mol. The van der Waals surface area contributed by atoms with E-state index >= 15 is 0 Å². The van der Waals surface area contributed by atoms with Crippen LogP contribution >= 0.6 is 0 Å². The second-order valence-corrected chi connectivity index (χ2v) is 3.12. The molecule has 0 unspecified atom stereocenters. The third kappa shape index (κ3) is 3.57. The number of hydrogen-bond donors (Lipinski definition) is 1. The van der Waals surface area contributed by atoms with Gasteiger partial charge in [-0.3, -0.25) is 4.79 Å². The molecule has 0 bridgehead atoms. The van der Waals surface area contributed by atoms with Crippen molar-refractivity contribution >= 4 is 18.0 Å². The molecule has 16 heavy (non-hydrogen) atoms. The van der Waals surface area contributed by atoms with Gasteiger partial charge in [-0.1, -0.05) is 24.3 Å². The molecule has 1 aromatic carbocycles. The molecule has 0 atom stereocenters. The zero-order chi connectivity index (χ0) is 12.0. The van der Waals surface area contributed by atoms with Crippen LogP contribution in [-0.4, -0.2) is 24.2 Å². The zero-order valence-corrected chi connectivity index (χ0v) is 8.84. The summed E-state index contributed by atoms with van der Waals surface area (Å²) in [6.45, 7) is 0. The van der Waals surface area contributed by atoms with Gasteiger partial charge in [-0.25, -0.2) is 4.79 Å². The molecule has 0 radical (unpaired) electrons. The largest absolute Gasteiger partial charge is 0.478 e. The van der Waals surface area contributed by atoms with E-state index in [-0.39, 0.29) is 12.4 Å². The molecule has 1 N–H and O–H groups in total. The van der Waals surface area contributed by atoms with Gasteiger partial charge >= 0.3 is 11.9 Å². The first-order valence-corrected chi connectivity index (χ1v) is 4.69. The molecule has 1 rings (SSSR count). The second-order valence-electron chi connectivity index (χ2n) is 3.12. The first-order valence-electron chi connectivity index (χ1n) is 4.69. The lowest BCUT2D eigenvalue weighted by atomic mass is 10.0. The lowest BCUT2D eigenvalue weighted by molar-refractivity contribution is -0.139. The van der Waals surface area contributed by atoms with E-state index in [1.807, 2.05) is 0 Å². The Kier molecular flexibility index (Phi) is 4.27. The van der Waals surface area contributed by atoms with Crippen LogP contribution in [0, 0.1) is 0 Å². The van der Waals surface area contributed by atoms with Crippen molar-refractivity contribution in [2.24, 2.45) is 0 Å². The van der Waals surface area contributed by atoms with Crippen molar-refractivity contribution in [2.45, 2.75) is 6.42 Å². The van der Waals surface area contributed by atoms with Crippen LogP contribution in [0.1, 0.15) is 11.1 Å². The predicted molar refractivity (Wildman–Crippen MR) is 58.8 cm³/mol. The smallest absolute Gasteiger partial charge is 0.328 e. The molecule has 0 saturated heterocycles. The summed E-state index contributed by atoms with van der Waals surface area (Å²) in [5.74, 6) is -1.37. The minimum atomic E-state index is -1.02. The van der Waals surface area contributed by atoms with Crippen LogP contribution in [0.25, 0.3) is 6.08 Å². The number of methoxy groups -OCH3 is 1. The van der Waals surface area contributed by atoms with Gasteiger partial charge in [0.15, 0.2) is 0 Å². The lowest BCUT2D eigenvalue weighted by Gasteiger charge is -2.03. The molecule has 0 aromatic heterocycles. The van der Waals surface area contributed by atoms with E-state index in [1.165, 1.54) is 13.2 Å². The van der Waals surface area contributed by atoms with Crippen molar-refractivity contribution in [2.75, 3.05) is 7.11 Å². The molecular formula is C12H12O4. The molecule has 0 saturated carbocycles. The number of carbonyl (C=O) groups is 2. The Bertz CT molecular complexity index is 421. The lowest BCUT2D eigenvalue weighted by Crippen LogP contribution is -2.05. The first-order chi connectivity index (χ1) is 7.63. The van der Waals surface area contributed by atoms with Crippen LogP contribution in [0.15, 0.2) is 30.3 Å². The highest BCUT2D eigenvalue weighted by molar-refractivity contribution is 5.86. The maximum absolute atomic E-state index is 11.1. The number of benzene rings is 1. The summed E-state index contributed by atoms with van der Waals surface area (Å²) >= 11 is 0. The Balaban J connectivity index is 2.91. The average Bonchev–Trinajstić information content (AvgIpc) is 2.27. The van der Waals surface area contributed by atoms with Gasteiger partial charge in [0.05, 0.1) is 13.5 Å². The molecule has 0 aliphatic rings. The molecule has 0 aliphatic heterocycles. The zero-order valence-electron chi connectivity index (χ0n) is 8.84. The van der Waals surface area contributed by atoms with Crippen molar-refractivity contribution in [3.63, 3.8) is 0 Å². The average molecular weight is 220 g/mol. The first kappa shape index (κ1) is 12.0. The fourth-order valence-electron chi connectivity index (χ4n) is 1.25. The highest BCUT2D eigenvalue weighted by Crippen LogP contribution is 2.11. The van der Waals surface area contributed by atoms with Gasteiger partial charge < -0.3 is 9.84 Å². The molecule has 84 valence electrons. The number of aliphatic carboxylic acids is 1. The summed E-state index contributed by atoms with van der Waals surface area (Å²) in [7, 11) is 1.32. The van der Waals surface area contributed by atoms with Gasteiger partial charge in [-0.05, 0) is 17.2 Å². The van der Waals surface area contributed by atoms with Crippen molar-refractivity contribution < 1.29 is 19.4 Å². The number of rotatable bonds is 4. The molecule has 1 aromatic rings. The standard InChI is InChI=1S/C12H12O4/c1-16-12(15)8-10-5-3-2-4-9(10)6-7-11(13)14/h2-7H,8H2,1H3,(H,13,14). The van der Waals surface area contributed by atoms with E-state index in [9.17, 15) is 9.59 Å². The van der Waals surface area contributed by atoms with E-state index in [2.05, 4.69) is 4.74 Å². The maximum Gasteiger partial charge on any atom is 0.328 e. The van der Waals surface area contributed by atoms with Crippen molar-refractivity contribution in [3.05, 3.63) is 41.5 Å². The van der Waals surface area contributed by atoms with Gasteiger partial charge in [0.1, 0.15) is 0 Å². The Labute approximate surface area is 93.2 Å². The number of ether oxygens (including phenoxy) is 1. The monoisotopic (exact) mass is 220 g/mol. The highest BCUT2D eigenvalue weighted by Gasteiger charge is 2.05. The summed E-state index contributed by atoms with van der Waals surface area (Å²) in [6.07, 6.45) is 2.63. The van der Waals surface area contributed by atoms with E-state index in [1.54, 1.807) is 24.3 Å². The van der Waals surface area contributed by atoms with E-state index in [0.717, 1.165) is 11.6 Å². The van der Waals surface area contributed by atoms with Gasteiger partial charge in [0, 0.05) is 6.08 Å². The number of carboxylic acids is 1.